The Morgan fingerprint density at radius 3 is 2.24 bits per heavy atom. The Morgan fingerprint density at radius 1 is 0.828 bits per heavy atom. The van der Waals surface area contributed by atoms with Gasteiger partial charge in [0, 0.05) is 37.9 Å². The summed E-state index contributed by atoms with van der Waals surface area (Å²) in [6.07, 6.45) is 2.78. The zero-order chi connectivity index (χ0) is 20.1. The summed E-state index contributed by atoms with van der Waals surface area (Å²) in [5, 5.41) is 6.03. The molecule has 2 aliphatic heterocycles. The van der Waals surface area contributed by atoms with Gasteiger partial charge in [0.25, 0.3) is 0 Å². The standard InChI is InChI=1S/C23H28N4O2/c28-22(24-17-18-7-3-1-4-8-18)27-16-12-19-11-14-26(15-13-21(19)27)23(29)25-20-9-5-2-6-10-20/h1-10,19,21H,11-17H2,(H,24,28)(H,25,29). The minimum atomic E-state index is -0.0590. The van der Waals surface area contributed by atoms with Gasteiger partial charge in [-0.2, -0.15) is 0 Å². The van der Waals surface area contributed by atoms with Crippen molar-refractivity contribution < 1.29 is 9.59 Å². The summed E-state index contributed by atoms with van der Waals surface area (Å²) >= 11 is 0. The number of nitrogens with zero attached hydrogens (tertiary/aromatic N) is 2. The van der Waals surface area contributed by atoms with Crippen molar-refractivity contribution >= 4 is 17.7 Å². The van der Waals surface area contributed by atoms with Crippen LogP contribution in [0.5, 0.6) is 0 Å². The molecular weight excluding hydrogens is 364 g/mol. The van der Waals surface area contributed by atoms with E-state index in [9.17, 15) is 9.59 Å². The van der Waals surface area contributed by atoms with Gasteiger partial charge in [0.15, 0.2) is 0 Å². The number of fused-ring (bicyclic) bond motifs is 1. The van der Waals surface area contributed by atoms with Gasteiger partial charge in [0.05, 0.1) is 0 Å². The van der Waals surface area contributed by atoms with Crippen LogP contribution >= 0.6 is 0 Å². The minimum Gasteiger partial charge on any atom is -0.334 e. The Morgan fingerprint density at radius 2 is 1.48 bits per heavy atom. The second-order valence-corrected chi connectivity index (χ2v) is 7.81. The van der Waals surface area contributed by atoms with Crippen LogP contribution in [-0.2, 0) is 6.54 Å². The van der Waals surface area contributed by atoms with E-state index in [4.69, 9.17) is 0 Å². The first-order valence-electron chi connectivity index (χ1n) is 10.4. The lowest BCUT2D eigenvalue weighted by Gasteiger charge is -2.27. The van der Waals surface area contributed by atoms with E-state index in [1.54, 1.807) is 0 Å². The van der Waals surface area contributed by atoms with Crippen LogP contribution < -0.4 is 10.6 Å². The maximum absolute atomic E-state index is 12.8. The smallest absolute Gasteiger partial charge is 0.321 e. The molecule has 0 saturated carbocycles. The van der Waals surface area contributed by atoms with Crippen molar-refractivity contribution in [2.45, 2.75) is 31.8 Å². The molecule has 0 aliphatic carbocycles. The number of rotatable bonds is 3. The molecule has 0 aromatic heterocycles. The van der Waals surface area contributed by atoms with Crippen LogP contribution in [0.1, 0.15) is 24.8 Å². The van der Waals surface area contributed by atoms with Gasteiger partial charge in [-0.1, -0.05) is 48.5 Å². The average molecular weight is 393 g/mol. The maximum Gasteiger partial charge on any atom is 0.321 e. The Hall–Kier alpha value is -3.02. The van der Waals surface area contributed by atoms with Crippen LogP contribution in [0, 0.1) is 5.92 Å². The number of para-hydroxylation sites is 1. The maximum atomic E-state index is 12.8. The molecule has 2 saturated heterocycles. The van der Waals surface area contributed by atoms with Gasteiger partial charge < -0.3 is 20.4 Å². The molecule has 0 bridgehead atoms. The van der Waals surface area contributed by atoms with Gasteiger partial charge in [-0.05, 0) is 42.9 Å². The molecule has 2 atom stereocenters. The number of amides is 4. The molecule has 2 aromatic rings. The predicted molar refractivity (Wildman–Crippen MR) is 114 cm³/mol. The zero-order valence-corrected chi connectivity index (χ0v) is 16.6. The molecule has 2 aromatic carbocycles. The fraction of sp³-hybridized carbons (Fsp3) is 0.391. The van der Waals surface area contributed by atoms with Gasteiger partial charge >= 0.3 is 12.1 Å². The highest BCUT2D eigenvalue weighted by atomic mass is 16.2. The number of benzene rings is 2. The lowest BCUT2D eigenvalue weighted by Crippen LogP contribution is -2.44. The van der Waals surface area contributed by atoms with E-state index >= 15 is 0 Å². The highest BCUT2D eigenvalue weighted by Crippen LogP contribution is 2.32. The van der Waals surface area contributed by atoms with Crippen LogP contribution in [0.25, 0.3) is 0 Å². The van der Waals surface area contributed by atoms with Crippen LogP contribution in [-0.4, -0.2) is 47.5 Å². The third kappa shape index (κ3) is 4.70. The van der Waals surface area contributed by atoms with Crippen molar-refractivity contribution in [2.24, 2.45) is 5.92 Å². The average Bonchev–Trinajstić information content (AvgIpc) is 3.04. The molecule has 29 heavy (non-hydrogen) atoms. The van der Waals surface area contributed by atoms with Crippen LogP contribution in [0.2, 0.25) is 0 Å². The third-order valence-electron chi connectivity index (χ3n) is 6.01. The normalized spacial score (nSPS) is 21.2. The molecule has 2 heterocycles. The van der Waals surface area contributed by atoms with Crippen LogP contribution in [0.4, 0.5) is 15.3 Å². The number of hydrogen-bond donors (Lipinski definition) is 2. The first-order chi connectivity index (χ1) is 14.2. The van der Waals surface area contributed by atoms with Crippen LogP contribution in [0.15, 0.2) is 60.7 Å². The van der Waals surface area contributed by atoms with Crippen LogP contribution in [0.3, 0.4) is 0 Å². The summed E-state index contributed by atoms with van der Waals surface area (Å²) in [5.74, 6) is 0.465. The minimum absolute atomic E-state index is 0.00328. The Kier molecular flexibility index (Phi) is 5.98. The molecule has 4 amide bonds. The van der Waals surface area contributed by atoms with E-state index < -0.39 is 0 Å². The topological polar surface area (TPSA) is 64.7 Å². The van der Waals surface area contributed by atoms with E-state index in [1.165, 1.54) is 0 Å². The number of urea groups is 2. The number of carbonyl (C=O) groups excluding carboxylic acids is 2. The Labute approximate surface area is 171 Å². The van der Waals surface area contributed by atoms with Gasteiger partial charge in [-0.25, -0.2) is 9.59 Å². The highest BCUT2D eigenvalue weighted by Gasteiger charge is 2.39. The lowest BCUT2D eigenvalue weighted by atomic mass is 9.96. The molecular formula is C23H28N4O2. The molecule has 152 valence electrons. The summed E-state index contributed by atoms with van der Waals surface area (Å²) in [5.41, 5.74) is 1.91. The largest absolute Gasteiger partial charge is 0.334 e. The van der Waals surface area contributed by atoms with Crippen molar-refractivity contribution in [1.29, 1.82) is 0 Å². The van der Waals surface area contributed by atoms with E-state index in [1.807, 2.05) is 70.5 Å². The molecule has 6 nitrogen and oxygen atoms in total. The molecule has 2 fully saturated rings. The Bertz CT molecular complexity index is 827. The molecule has 0 spiro atoms. The fourth-order valence-electron chi connectivity index (χ4n) is 4.42. The monoisotopic (exact) mass is 392 g/mol. The highest BCUT2D eigenvalue weighted by molar-refractivity contribution is 5.89. The summed E-state index contributed by atoms with van der Waals surface area (Å²) in [6, 6.07) is 19.7. The van der Waals surface area contributed by atoms with Crippen molar-refractivity contribution in [3.05, 3.63) is 66.2 Å². The summed E-state index contributed by atoms with van der Waals surface area (Å²) in [7, 11) is 0. The number of likely N-dealkylation sites (tertiary alicyclic amines) is 2. The Balaban J connectivity index is 1.32. The zero-order valence-electron chi connectivity index (χ0n) is 16.6. The molecule has 0 radical (unpaired) electrons. The van der Waals surface area contributed by atoms with E-state index in [0.29, 0.717) is 19.0 Å². The fourth-order valence-corrected chi connectivity index (χ4v) is 4.42. The number of carbonyl (C=O) groups is 2. The summed E-state index contributed by atoms with van der Waals surface area (Å²) in [6.45, 7) is 2.74. The molecule has 6 heteroatoms. The van der Waals surface area contributed by atoms with Crippen molar-refractivity contribution in [1.82, 2.24) is 15.1 Å². The molecule has 2 aliphatic rings. The first-order valence-corrected chi connectivity index (χ1v) is 10.4. The van der Waals surface area contributed by atoms with Gasteiger partial charge in [-0.15, -0.1) is 0 Å². The molecule has 2 unspecified atom stereocenters. The molecule has 4 rings (SSSR count). The SMILES string of the molecule is O=C(Nc1ccccc1)N1CCC2CCN(C(=O)NCc3ccccc3)C2CC1. The summed E-state index contributed by atoms with van der Waals surface area (Å²) < 4.78 is 0. The van der Waals surface area contributed by atoms with Crippen molar-refractivity contribution in [3.8, 4) is 0 Å². The number of hydrogen-bond acceptors (Lipinski definition) is 2. The molecule has 2 N–H and O–H groups in total. The van der Waals surface area contributed by atoms with E-state index in [2.05, 4.69) is 10.6 Å². The van der Waals surface area contributed by atoms with Gasteiger partial charge in [-0.3, -0.25) is 0 Å². The summed E-state index contributed by atoms with van der Waals surface area (Å²) in [4.78, 5) is 29.3. The third-order valence-corrected chi connectivity index (χ3v) is 6.01. The first kappa shape index (κ1) is 19.3. The number of nitrogens with one attached hydrogen (secondary N) is 2. The second-order valence-electron chi connectivity index (χ2n) is 7.81. The number of anilines is 1. The van der Waals surface area contributed by atoms with E-state index in [0.717, 1.165) is 43.6 Å². The van der Waals surface area contributed by atoms with E-state index in [-0.39, 0.29) is 18.1 Å². The second kappa shape index (κ2) is 8.99. The predicted octanol–water partition coefficient (Wildman–Crippen LogP) is 3.91. The quantitative estimate of drug-likeness (QED) is 0.832. The lowest BCUT2D eigenvalue weighted by molar-refractivity contribution is 0.181. The van der Waals surface area contributed by atoms with Crippen molar-refractivity contribution in [3.63, 3.8) is 0 Å². The van der Waals surface area contributed by atoms with Crippen molar-refractivity contribution in [2.75, 3.05) is 25.0 Å². The van der Waals surface area contributed by atoms with Gasteiger partial charge in [0.1, 0.15) is 0 Å². The van der Waals surface area contributed by atoms with Gasteiger partial charge in [0.2, 0.25) is 0 Å².